The van der Waals surface area contributed by atoms with Crippen LogP contribution >= 0.6 is 23.2 Å². The van der Waals surface area contributed by atoms with E-state index in [1.807, 2.05) is 24.3 Å². The topological polar surface area (TPSA) is 73.1 Å². The molecule has 26 heavy (non-hydrogen) atoms. The van der Waals surface area contributed by atoms with Crippen molar-refractivity contribution >= 4 is 46.0 Å². The Hall–Kier alpha value is -2.38. The van der Waals surface area contributed by atoms with Crippen LogP contribution < -0.4 is 4.90 Å². The number of anilines is 1. The van der Waals surface area contributed by atoms with Crippen LogP contribution in [0.15, 0.2) is 30.5 Å². The molecule has 0 aliphatic rings. The minimum absolute atomic E-state index is 0.0472. The summed E-state index contributed by atoms with van der Waals surface area (Å²) in [5.41, 5.74) is 0.0993. The van der Waals surface area contributed by atoms with E-state index in [0.717, 1.165) is 10.9 Å². The molecule has 0 bridgehead atoms. The molecule has 1 aromatic carbocycles. The third kappa shape index (κ3) is 3.59. The first-order chi connectivity index (χ1) is 12.2. The molecule has 1 amide bonds. The number of benzene rings is 1. The summed E-state index contributed by atoms with van der Waals surface area (Å²) >= 11 is 12.1. The van der Waals surface area contributed by atoms with Crippen LogP contribution in [0.4, 0.5) is 10.6 Å². The van der Waals surface area contributed by atoms with Crippen LogP contribution in [0.25, 0.3) is 16.7 Å². The zero-order valence-corrected chi connectivity index (χ0v) is 16.2. The lowest BCUT2D eigenvalue weighted by Gasteiger charge is -2.23. The third-order valence-electron chi connectivity index (χ3n) is 3.45. The molecule has 0 radical (unpaired) electrons. The van der Waals surface area contributed by atoms with Gasteiger partial charge in [0.1, 0.15) is 10.6 Å². The molecule has 3 rings (SSSR count). The van der Waals surface area contributed by atoms with Gasteiger partial charge in [-0.1, -0.05) is 23.7 Å². The fourth-order valence-electron chi connectivity index (χ4n) is 2.36. The van der Waals surface area contributed by atoms with Gasteiger partial charge in [0, 0.05) is 12.4 Å². The summed E-state index contributed by atoms with van der Waals surface area (Å²) in [7, 11) is 1.60. The summed E-state index contributed by atoms with van der Waals surface area (Å²) in [6.45, 7) is 5.41. The Kier molecular flexibility index (Phi) is 4.77. The van der Waals surface area contributed by atoms with Crippen molar-refractivity contribution in [3.63, 3.8) is 0 Å². The summed E-state index contributed by atoms with van der Waals surface area (Å²) < 4.78 is 6.95. The van der Waals surface area contributed by atoms with Crippen LogP contribution in [0.5, 0.6) is 0 Å². The number of ether oxygens (including phenoxy) is 1. The first-order valence-corrected chi connectivity index (χ1v) is 8.56. The Labute approximate surface area is 160 Å². The fraction of sp³-hybridized carbons (Fsp3) is 0.294. The highest BCUT2D eigenvalue weighted by Crippen LogP contribution is 2.30. The maximum atomic E-state index is 12.5. The highest BCUT2D eigenvalue weighted by Gasteiger charge is 2.25. The normalized spacial score (nSPS) is 11.6. The zero-order chi connectivity index (χ0) is 19.1. The molecule has 3 aromatic rings. The highest BCUT2D eigenvalue weighted by molar-refractivity contribution is 6.33. The van der Waals surface area contributed by atoms with Crippen LogP contribution in [-0.2, 0) is 4.74 Å². The van der Waals surface area contributed by atoms with Crippen LogP contribution in [0.3, 0.4) is 0 Å². The molecule has 9 heteroatoms. The number of fused-ring (bicyclic) bond motifs is 1. The van der Waals surface area contributed by atoms with Crippen LogP contribution in [-0.4, -0.2) is 38.5 Å². The number of rotatable bonds is 2. The number of amides is 1. The van der Waals surface area contributed by atoms with E-state index >= 15 is 0 Å². The maximum Gasteiger partial charge on any atom is 0.415 e. The Morgan fingerprint density at radius 1 is 1.23 bits per heavy atom. The summed E-state index contributed by atoms with van der Waals surface area (Å²) in [6, 6.07) is 7.41. The van der Waals surface area contributed by atoms with Gasteiger partial charge in [0.05, 0.1) is 11.7 Å². The molecule has 136 valence electrons. The van der Waals surface area contributed by atoms with Gasteiger partial charge in [-0.15, -0.1) is 5.10 Å². The molecule has 0 saturated carbocycles. The fourth-order valence-corrected chi connectivity index (χ4v) is 2.66. The number of nitrogens with zero attached hydrogens (tertiary/aromatic N) is 5. The van der Waals surface area contributed by atoms with Crippen molar-refractivity contribution in [3.8, 4) is 5.82 Å². The number of halogens is 2. The molecule has 0 N–H and O–H groups in total. The van der Waals surface area contributed by atoms with Gasteiger partial charge in [0.15, 0.2) is 11.6 Å². The zero-order valence-electron chi connectivity index (χ0n) is 14.7. The Morgan fingerprint density at radius 3 is 2.62 bits per heavy atom. The lowest BCUT2D eigenvalue weighted by molar-refractivity contribution is 0.0588. The van der Waals surface area contributed by atoms with Crippen molar-refractivity contribution in [1.82, 2.24) is 19.7 Å². The van der Waals surface area contributed by atoms with Crippen molar-refractivity contribution < 1.29 is 9.53 Å². The van der Waals surface area contributed by atoms with Crippen LogP contribution in [0, 0.1) is 0 Å². The molecule has 2 heterocycles. The van der Waals surface area contributed by atoms with Crippen molar-refractivity contribution in [1.29, 1.82) is 0 Å². The van der Waals surface area contributed by atoms with E-state index in [1.54, 1.807) is 27.8 Å². The van der Waals surface area contributed by atoms with Gasteiger partial charge in [0.25, 0.3) is 0 Å². The predicted molar refractivity (Wildman–Crippen MR) is 101 cm³/mol. The van der Waals surface area contributed by atoms with Gasteiger partial charge >= 0.3 is 6.09 Å². The van der Waals surface area contributed by atoms with Crippen LogP contribution in [0.2, 0.25) is 10.3 Å². The average molecular weight is 394 g/mol. The van der Waals surface area contributed by atoms with Crippen molar-refractivity contribution in [2.24, 2.45) is 0 Å². The summed E-state index contributed by atoms with van der Waals surface area (Å²) in [5, 5.41) is 5.60. The standard InChI is InChI=1S/C17H17Cl2N5O2/c1-17(2,3)26-16(25)23(4)13-10-7-5-6-8-12(10)24(22-13)14-11(18)9-20-15(19)21-14/h5-9H,1-4H3. The van der Waals surface area contributed by atoms with E-state index in [1.165, 1.54) is 15.8 Å². The van der Waals surface area contributed by atoms with Crippen molar-refractivity contribution in [2.45, 2.75) is 26.4 Å². The number of hydrogen-bond donors (Lipinski definition) is 0. The lowest BCUT2D eigenvalue weighted by atomic mass is 10.2. The molecule has 0 aliphatic carbocycles. The lowest BCUT2D eigenvalue weighted by Crippen LogP contribution is -2.34. The second kappa shape index (κ2) is 6.74. The molecule has 0 spiro atoms. The smallest absolute Gasteiger partial charge is 0.415 e. The number of carbonyl (C=O) groups excluding carboxylic acids is 1. The number of hydrogen-bond acceptors (Lipinski definition) is 5. The molecule has 0 atom stereocenters. The molecular formula is C17H17Cl2N5O2. The van der Waals surface area contributed by atoms with E-state index in [9.17, 15) is 4.79 Å². The average Bonchev–Trinajstić information content (AvgIpc) is 2.94. The van der Waals surface area contributed by atoms with Gasteiger partial charge in [-0.2, -0.15) is 4.98 Å². The number of aromatic nitrogens is 4. The Balaban J connectivity index is 2.14. The molecule has 0 aliphatic heterocycles. The van der Waals surface area contributed by atoms with Gasteiger partial charge < -0.3 is 4.74 Å². The van der Waals surface area contributed by atoms with E-state index in [-0.39, 0.29) is 10.3 Å². The molecule has 2 aromatic heterocycles. The Bertz CT molecular complexity index is 981. The monoisotopic (exact) mass is 393 g/mol. The number of para-hydroxylation sites is 1. The quantitative estimate of drug-likeness (QED) is 0.599. The van der Waals surface area contributed by atoms with E-state index in [0.29, 0.717) is 11.6 Å². The van der Waals surface area contributed by atoms with Gasteiger partial charge in [0.2, 0.25) is 5.28 Å². The molecule has 0 fully saturated rings. The largest absolute Gasteiger partial charge is 0.443 e. The van der Waals surface area contributed by atoms with Crippen molar-refractivity contribution in [2.75, 3.05) is 11.9 Å². The summed E-state index contributed by atoms with van der Waals surface area (Å²) in [5.74, 6) is 0.743. The first kappa shape index (κ1) is 18.4. The molecule has 7 nitrogen and oxygen atoms in total. The number of carbonyl (C=O) groups is 1. The van der Waals surface area contributed by atoms with E-state index in [4.69, 9.17) is 27.9 Å². The van der Waals surface area contributed by atoms with Crippen LogP contribution in [0.1, 0.15) is 20.8 Å². The maximum absolute atomic E-state index is 12.5. The molecule has 0 unspecified atom stereocenters. The van der Waals surface area contributed by atoms with Crippen molar-refractivity contribution in [3.05, 3.63) is 40.8 Å². The summed E-state index contributed by atoms with van der Waals surface area (Å²) in [4.78, 5) is 21.8. The van der Waals surface area contributed by atoms with Gasteiger partial charge in [-0.05, 0) is 44.5 Å². The van der Waals surface area contributed by atoms with E-state index < -0.39 is 11.7 Å². The summed E-state index contributed by atoms with van der Waals surface area (Å²) in [6.07, 6.45) is 0.889. The van der Waals surface area contributed by atoms with Gasteiger partial charge in [-0.3, -0.25) is 4.90 Å². The first-order valence-electron chi connectivity index (χ1n) is 7.80. The highest BCUT2D eigenvalue weighted by atomic mass is 35.5. The third-order valence-corrected chi connectivity index (χ3v) is 3.90. The second-order valence-corrected chi connectivity index (χ2v) is 7.35. The minimum Gasteiger partial charge on any atom is -0.443 e. The van der Waals surface area contributed by atoms with Gasteiger partial charge in [-0.25, -0.2) is 14.5 Å². The predicted octanol–water partition coefficient (Wildman–Crippen LogP) is 4.49. The minimum atomic E-state index is -0.618. The Morgan fingerprint density at radius 2 is 1.92 bits per heavy atom. The van der Waals surface area contributed by atoms with E-state index in [2.05, 4.69) is 15.1 Å². The second-order valence-electron chi connectivity index (χ2n) is 6.60. The SMILES string of the molecule is CN(C(=O)OC(C)(C)C)c1nn(-c2nc(Cl)ncc2Cl)c2ccccc12. The molecule has 0 saturated heterocycles. The molecular weight excluding hydrogens is 377 g/mol.